The normalized spacial score (nSPS) is 24.8. The van der Waals surface area contributed by atoms with Crippen molar-refractivity contribution >= 4 is 34.3 Å². The highest BCUT2D eigenvalue weighted by Gasteiger charge is 2.43. The molecule has 0 saturated carbocycles. The van der Waals surface area contributed by atoms with Gasteiger partial charge in [0.25, 0.3) is 0 Å². The third-order valence-electron chi connectivity index (χ3n) is 6.11. The van der Waals surface area contributed by atoms with Crippen molar-refractivity contribution in [2.45, 2.75) is 57.8 Å². The number of ether oxygens (including phenoxy) is 1. The van der Waals surface area contributed by atoms with Crippen LogP contribution in [0, 0.1) is 12.8 Å². The third-order valence-corrected chi connectivity index (χ3v) is 7.35. The first kappa shape index (κ1) is 20.3. The minimum atomic E-state index is -0.659. The Morgan fingerprint density at radius 2 is 2.04 bits per heavy atom. The molecule has 1 aromatic carbocycles. The first-order valence-electron chi connectivity index (χ1n) is 10.1. The van der Waals surface area contributed by atoms with Gasteiger partial charge >= 0.3 is 0 Å². The minimum absolute atomic E-state index is 0.179. The molecule has 1 aromatic heterocycles. The minimum Gasteiger partial charge on any atom is -0.485 e. The zero-order valence-electron chi connectivity index (χ0n) is 16.8. The van der Waals surface area contributed by atoms with Crippen molar-refractivity contribution in [3.05, 3.63) is 34.5 Å². The van der Waals surface area contributed by atoms with E-state index in [4.69, 9.17) is 16.3 Å². The van der Waals surface area contributed by atoms with Crippen LogP contribution in [0.2, 0.25) is 5.15 Å². The van der Waals surface area contributed by atoms with Crippen LogP contribution in [0.4, 0.5) is 0 Å². The quantitative estimate of drug-likeness (QED) is 0.689. The van der Waals surface area contributed by atoms with Crippen molar-refractivity contribution < 1.29 is 9.84 Å². The number of benzene rings is 1. The topological polar surface area (TPSA) is 54.4 Å². The largest absolute Gasteiger partial charge is 0.485 e. The highest BCUT2D eigenvalue weighted by atomic mass is 35.5. The Balaban J connectivity index is 1.63. The Kier molecular flexibility index (Phi) is 5.81. The second-order valence-electron chi connectivity index (χ2n) is 8.60. The molecule has 2 aliphatic rings. The van der Waals surface area contributed by atoms with Crippen LogP contribution in [-0.4, -0.2) is 39.8 Å². The molecule has 0 bridgehead atoms. The number of fused-ring (bicyclic) bond motifs is 2. The van der Waals surface area contributed by atoms with E-state index in [-0.39, 0.29) is 6.04 Å². The third kappa shape index (κ3) is 4.00. The van der Waals surface area contributed by atoms with E-state index >= 15 is 0 Å². The molecule has 4 rings (SSSR count). The summed E-state index contributed by atoms with van der Waals surface area (Å²) in [5.41, 5.74) is 2.22. The van der Waals surface area contributed by atoms with Gasteiger partial charge in [0.15, 0.2) is 0 Å². The number of nitrogens with one attached hydrogen (secondary N) is 1. The lowest BCUT2D eigenvalue weighted by Gasteiger charge is -2.42. The van der Waals surface area contributed by atoms with E-state index in [0.29, 0.717) is 5.15 Å². The molecule has 2 unspecified atom stereocenters. The first-order chi connectivity index (χ1) is 13.3. The van der Waals surface area contributed by atoms with Crippen LogP contribution in [0.1, 0.15) is 50.3 Å². The van der Waals surface area contributed by atoms with Gasteiger partial charge < -0.3 is 15.2 Å². The number of aliphatic hydroxyl groups excluding tert-OH is 1. The predicted octanol–water partition coefficient (Wildman–Crippen LogP) is 4.89. The van der Waals surface area contributed by atoms with E-state index in [0.717, 1.165) is 46.7 Å². The molecule has 0 spiro atoms. The van der Waals surface area contributed by atoms with E-state index in [9.17, 15) is 5.11 Å². The number of halogens is 1. The Labute approximate surface area is 176 Å². The number of aliphatic hydroxyl groups is 1. The number of hydrogen-bond acceptors (Lipinski definition) is 5. The fraction of sp³-hybridized carbons (Fsp3) is 0.591. The van der Waals surface area contributed by atoms with Gasteiger partial charge in [-0.3, -0.25) is 0 Å². The summed E-state index contributed by atoms with van der Waals surface area (Å²) in [7, 11) is 0. The number of aryl methyl sites for hydroxylation is 1. The van der Waals surface area contributed by atoms with Crippen molar-refractivity contribution in [3.63, 3.8) is 0 Å². The smallest absolute Gasteiger partial charge is 0.131 e. The lowest BCUT2D eigenvalue weighted by atomic mass is 9.85. The Morgan fingerprint density at radius 1 is 1.29 bits per heavy atom. The highest BCUT2D eigenvalue weighted by molar-refractivity contribution is 7.99. The summed E-state index contributed by atoms with van der Waals surface area (Å²) in [6.45, 7) is 6.82. The Morgan fingerprint density at radius 3 is 2.79 bits per heavy atom. The van der Waals surface area contributed by atoms with Crippen LogP contribution in [0.15, 0.2) is 18.2 Å². The van der Waals surface area contributed by atoms with Crippen LogP contribution in [0.25, 0.3) is 10.9 Å². The van der Waals surface area contributed by atoms with Crippen LogP contribution in [0.5, 0.6) is 5.75 Å². The van der Waals surface area contributed by atoms with Gasteiger partial charge in [0.05, 0.1) is 11.6 Å². The van der Waals surface area contributed by atoms with Crippen molar-refractivity contribution in [3.8, 4) is 5.75 Å². The molecular formula is C22H29ClN2O2S. The second kappa shape index (κ2) is 8.02. The summed E-state index contributed by atoms with van der Waals surface area (Å²) in [5.74, 6) is 4.16. The molecule has 2 atom stereocenters. The SMILES string of the molecule is Cc1cc(Cl)nc2cc3c(cc12)OC(C)(C)C(O)C3NCCC1CCSCC1. The van der Waals surface area contributed by atoms with Crippen molar-refractivity contribution in [1.29, 1.82) is 0 Å². The molecule has 4 nitrogen and oxygen atoms in total. The van der Waals surface area contributed by atoms with Gasteiger partial charge in [-0.05, 0) is 87.8 Å². The first-order valence-corrected chi connectivity index (χ1v) is 11.7. The fourth-order valence-electron chi connectivity index (χ4n) is 4.34. The molecule has 6 heteroatoms. The molecule has 28 heavy (non-hydrogen) atoms. The Hall–Kier alpha value is -1.01. The van der Waals surface area contributed by atoms with Gasteiger partial charge in [0, 0.05) is 10.9 Å². The molecule has 0 radical (unpaired) electrons. The van der Waals surface area contributed by atoms with Gasteiger partial charge in [0.2, 0.25) is 0 Å². The number of pyridine rings is 1. The van der Waals surface area contributed by atoms with Gasteiger partial charge in [-0.25, -0.2) is 4.98 Å². The molecule has 2 aromatic rings. The molecule has 0 aliphatic carbocycles. The molecule has 1 fully saturated rings. The maximum Gasteiger partial charge on any atom is 0.131 e. The van der Waals surface area contributed by atoms with Crippen LogP contribution < -0.4 is 10.1 Å². The number of thioether (sulfide) groups is 1. The summed E-state index contributed by atoms with van der Waals surface area (Å²) < 4.78 is 6.20. The van der Waals surface area contributed by atoms with Gasteiger partial charge in [-0.15, -0.1) is 0 Å². The molecule has 0 amide bonds. The standard InChI is InChI=1S/C22H29ClN2O2S/c1-13-10-19(23)25-17-11-16-18(12-15(13)17)27-22(2,3)21(26)20(16)24-7-4-14-5-8-28-9-6-14/h10-12,14,20-21,24,26H,4-9H2,1-3H3. The average molecular weight is 421 g/mol. The molecule has 2 N–H and O–H groups in total. The average Bonchev–Trinajstić information content (AvgIpc) is 2.65. The van der Waals surface area contributed by atoms with Crippen LogP contribution in [-0.2, 0) is 0 Å². The van der Waals surface area contributed by atoms with E-state index in [2.05, 4.69) is 22.1 Å². The van der Waals surface area contributed by atoms with Gasteiger partial charge in [-0.2, -0.15) is 11.8 Å². The molecular weight excluding hydrogens is 392 g/mol. The van der Waals surface area contributed by atoms with Gasteiger partial charge in [0.1, 0.15) is 22.6 Å². The lowest BCUT2D eigenvalue weighted by molar-refractivity contribution is -0.0645. The van der Waals surface area contributed by atoms with E-state index in [1.54, 1.807) is 0 Å². The fourth-order valence-corrected chi connectivity index (χ4v) is 5.80. The van der Waals surface area contributed by atoms with E-state index < -0.39 is 11.7 Å². The van der Waals surface area contributed by atoms with Gasteiger partial charge in [-0.1, -0.05) is 11.6 Å². The van der Waals surface area contributed by atoms with Crippen molar-refractivity contribution in [2.24, 2.45) is 5.92 Å². The zero-order chi connectivity index (χ0) is 19.9. The predicted molar refractivity (Wildman–Crippen MR) is 118 cm³/mol. The van der Waals surface area contributed by atoms with Crippen molar-refractivity contribution in [1.82, 2.24) is 10.3 Å². The zero-order valence-corrected chi connectivity index (χ0v) is 18.4. The maximum atomic E-state index is 11.0. The summed E-state index contributed by atoms with van der Waals surface area (Å²) in [5, 5.41) is 16.2. The number of nitrogens with zero attached hydrogens (tertiary/aromatic N) is 1. The summed E-state index contributed by atoms with van der Waals surface area (Å²) in [4.78, 5) is 4.49. The summed E-state index contributed by atoms with van der Waals surface area (Å²) in [6.07, 6.45) is 3.12. The maximum absolute atomic E-state index is 11.0. The number of aromatic nitrogens is 1. The Bertz CT molecular complexity index is 867. The second-order valence-corrected chi connectivity index (χ2v) is 10.2. The summed E-state index contributed by atoms with van der Waals surface area (Å²) in [6, 6.07) is 5.76. The van der Waals surface area contributed by atoms with E-state index in [1.807, 2.05) is 39.0 Å². The molecule has 152 valence electrons. The highest BCUT2D eigenvalue weighted by Crippen LogP contribution is 2.42. The van der Waals surface area contributed by atoms with Crippen LogP contribution >= 0.6 is 23.4 Å². The van der Waals surface area contributed by atoms with E-state index in [1.165, 1.54) is 24.3 Å². The van der Waals surface area contributed by atoms with Crippen LogP contribution in [0.3, 0.4) is 0 Å². The lowest BCUT2D eigenvalue weighted by Crippen LogP contribution is -2.52. The molecule has 1 saturated heterocycles. The van der Waals surface area contributed by atoms with Crippen molar-refractivity contribution in [2.75, 3.05) is 18.1 Å². The number of hydrogen-bond donors (Lipinski definition) is 2. The molecule has 2 aliphatic heterocycles. The molecule has 3 heterocycles. The monoisotopic (exact) mass is 420 g/mol. The number of rotatable bonds is 4. The summed E-state index contributed by atoms with van der Waals surface area (Å²) >= 11 is 8.24.